The first-order valence-corrected chi connectivity index (χ1v) is 18.1. The third-order valence-corrected chi connectivity index (χ3v) is 10.9. The first kappa shape index (κ1) is 31.0. The number of fused-ring (bicyclic) bond motifs is 6. The van der Waals surface area contributed by atoms with Crippen molar-refractivity contribution in [3.8, 4) is 39.1 Å². The monoisotopic (exact) mass is 680 g/mol. The van der Waals surface area contributed by atoms with Crippen LogP contribution in [-0.4, -0.2) is 14.5 Å². The minimum atomic E-state index is -0.140. The van der Waals surface area contributed by atoms with Crippen LogP contribution in [0.1, 0.15) is 25.0 Å². The highest BCUT2D eigenvalue weighted by atomic mass is 15.1. The van der Waals surface area contributed by atoms with Crippen molar-refractivity contribution in [3.05, 3.63) is 194 Å². The summed E-state index contributed by atoms with van der Waals surface area (Å²) in [6, 6.07) is 57.2. The van der Waals surface area contributed by atoms with Crippen LogP contribution in [0.2, 0.25) is 0 Å². The van der Waals surface area contributed by atoms with Gasteiger partial charge in [0, 0.05) is 74.9 Å². The number of hydrogen-bond acceptors (Lipinski definition) is 3. The maximum absolute atomic E-state index is 4.49. The Labute approximate surface area is 309 Å². The summed E-state index contributed by atoms with van der Waals surface area (Å²) in [5.74, 6) is 0. The first-order chi connectivity index (χ1) is 26.0. The molecule has 10 rings (SSSR count). The van der Waals surface area contributed by atoms with E-state index in [1.165, 1.54) is 44.1 Å². The van der Waals surface area contributed by atoms with E-state index in [-0.39, 0.29) is 5.41 Å². The molecule has 0 radical (unpaired) electrons. The van der Waals surface area contributed by atoms with Gasteiger partial charge in [-0.25, -0.2) is 0 Å². The number of benzene rings is 6. The highest BCUT2D eigenvalue weighted by Gasteiger charge is 2.35. The minimum absolute atomic E-state index is 0.140. The molecule has 1 aliphatic rings. The van der Waals surface area contributed by atoms with Crippen molar-refractivity contribution in [1.29, 1.82) is 0 Å². The van der Waals surface area contributed by atoms with E-state index in [1.807, 2.05) is 36.9 Å². The number of rotatable bonds is 6. The van der Waals surface area contributed by atoms with Crippen molar-refractivity contribution in [2.45, 2.75) is 19.3 Å². The normalized spacial score (nSPS) is 12.9. The Balaban J connectivity index is 1.24. The van der Waals surface area contributed by atoms with Crippen molar-refractivity contribution in [2.75, 3.05) is 4.90 Å². The molecule has 0 unspecified atom stereocenters. The van der Waals surface area contributed by atoms with E-state index in [0.29, 0.717) is 0 Å². The second kappa shape index (κ2) is 12.2. The molecule has 0 bridgehead atoms. The zero-order valence-electron chi connectivity index (χ0n) is 29.6. The first-order valence-electron chi connectivity index (χ1n) is 18.1. The molecule has 6 aromatic carbocycles. The van der Waals surface area contributed by atoms with Gasteiger partial charge in [-0.05, 0) is 112 Å². The van der Waals surface area contributed by atoms with E-state index >= 15 is 0 Å². The highest BCUT2D eigenvalue weighted by molar-refractivity contribution is 6.10. The fourth-order valence-electron chi connectivity index (χ4n) is 8.37. The molecule has 53 heavy (non-hydrogen) atoms. The molecule has 252 valence electrons. The molecule has 4 heteroatoms. The molecule has 0 saturated heterocycles. The Kier molecular flexibility index (Phi) is 7.12. The van der Waals surface area contributed by atoms with Crippen molar-refractivity contribution in [3.63, 3.8) is 0 Å². The fourth-order valence-corrected chi connectivity index (χ4v) is 8.37. The standard InChI is InChI=1S/C49H36N4/c1-49(2)45-18-8-6-16-41(45)42-22-20-39(30-46(42)49)52(40-27-35(33-12-10-24-50-31-33)26-36(28-40)34-13-11-25-51-32-34)38-21-23-48-44(29-38)43-17-7-9-19-47(43)53(48)37-14-4-3-5-15-37/h3-32H,1-2H3. The summed E-state index contributed by atoms with van der Waals surface area (Å²) in [7, 11) is 0. The van der Waals surface area contributed by atoms with Gasteiger partial charge in [0.25, 0.3) is 0 Å². The highest BCUT2D eigenvalue weighted by Crippen LogP contribution is 2.51. The lowest BCUT2D eigenvalue weighted by molar-refractivity contribution is 0.660. The average molecular weight is 681 g/mol. The molecular weight excluding hydrogens is 645 g/mol. The number of para-hydroxylation sites is 2. The van der Waals surface area contributed by atoms with Crippen LogP contribution in [0.4, 0.5) is 17.1 Å². The Morgan fingerprint density at radius 1 is 0.453 bits per heavy atom. The van der Waals surface area contributed by atoms with Gasteiger partial charge in [0.05, 0.1) is 11.0 Å². The molecule has 0 aliphatic heterocycles. The summed E-state index contributed by atoms with van der Waals surface area (Å²) < 4.78 is 2.37. The lowest BCUT2D eigenvalue weighted by atomic mass is 9.82. The smallest absolute Gasteiger partial charge is 0.0542 e. The van der Waals surface area contributed by atoms with E-state index in [9.17, 15) is 0 Å². The second-order valence-corrected chi connectivity index (χ2v) is 14.4. The van der Waals surface area contributed by atoms with Crippen LogP contribution in [0.15, 0.2) is 183 Å². The average Bonchev–Trinajstić information content (AvgIpc) is 3.67. The molecule has 4 nitrogen and oxygen atoms in total. The fraction of sp³-hybridized carbons (Fsp3) is 0.0612. The molecule has 0 spiro atoms. The van der Waals surface area contributed by atoms with Crippen molar-refractivity contribution >= 4 is 38.9 Å². The van der Waals surface area contributed by atoms with E-state index in [0.717, 1.165) is 45.0 Å². The molecule has 3 aromatic heterocycles. The maximum Gasteiger partial charge on any atom is 0.0542 e. The van der Waals surface area contributed by atoms with Gasteiger partial charge in [0.1, 0.15) is 0 Å². The van der Waals surface area contributed by atoms with Gasteiger partial charge >= 0.3 is 0 Å². The van der Waals surface area contributed by atoms with Crippen molar-refractivity contribution in [1.82, 2.24) is 14.5 Å². The molecule has 1 aliphatic carbocycles. The number of hydrogen-bond donors (Lipinski definition) is 0. The van der Waals surface area contributed by atoms with Crippen LogP contribution in [0.5, 0.6) is 0 Å². The topological polar surface area (TPSA) is 34.0 Å². The zero-order chi connectivity index (χ0) is 35.5. The number of pyridine rings is 2. The quantitative estimate of drug-likeness (QED) is 0.175. The van der Waals surface area contributed by atoms with Gasteiger partial charge in [-0.3, -0.25) is 9.97 Å². The summed E-state index contributed by atoms with van der Waals surface area (Å²) in [5.41, 5.74) is 16.2. The van der Waals surface area contributed by atoms with Crippen LogP contribution < -0.4 is 4.90 Å². The Morgan fingerprint density at radius 3 is 1.81 bits per heavy atom. The molecule has 0 atom stereocenters. The summed E-state index contributed by atoms with van der Waals surface area (Å²) in [5, 5.41) is 2.43. The zero-order valence-corrected chi connectivity index (χ0v) is 29.6. The summed E-state index contributed by atoms with van der Waals surface area (Å²) in [6.45, 7) is 4.69. The van der Waals surface area contributed by atoms with Crippen LogP contribution in [0.25, 0.3) is 60.9 Å². The van der Waals surface area contributed by atoms with Crippen LogP contribution in [0, 0.1) is 0 Å². The Morgan fingerprint density at radius 2 is 1.08 bits per heavy atom. The van der Waals surface area contributed by atoms with E-state index < -0.39 is 0 Å². The Hall–Kier alpha value is -6.78. The van der Waals surface area contributed by atoms with Gasteiger partial charge < -0.3 is 9.47 Å². The molecule has 0 N–H and O–H groups in total. The molecule has 0 saturated carbocycles. The van der Waals surface area contributed by atoms with E-state index in [2.05, 4.69) is 179 Å². The predicted molar refractivity (Wildman–Crippen MR) is 219 cm³/mol. The van der Waals surface area contributed by atoms with Crippen LogP contribution in [-0.2, 0) is 5.41 Å². The van der Waals surface area contributed by atoms with E-state index in [1.54, 1.807) is 0 Å². The van der Waals surface area contributed by atoms with Crippen LogP contribution >= 0.6 is 0 Å². The molecule has 0 amide bonds. The minimum Gasteiger partial charge on any atom is -0.310 e. The predicted octanol–water partition coefficient (Wildman–Crippen LogP) is 12.7. The van der Waals surface area contributed by atoms with Gasteiger partial charge in [-0.2, -0.15) is 0 Å². The lowest BCUT2D eigenvalue weighted by Gasteiger charge is -2.29. The third kappa shape index (κ3) is 5.06. The molecule has 0 fully saturated rings. The van der Waals surface area contributed by atoms with Crippen molar-refractivity contribution < 1.29 is 0 Å². The summed E-state index contributed by atoms with van der Waals surface area (Å²) in [6.07, 6.45) is 7.53. The second-order valence-electron chi connectivity index (χ2n) is 14.4. The number of nitrogens with zero attached hydrogens (tertiary/aromatic N) is 4. The summed E-state index contributed by atoms with van der Waals surface area (Å²) >= 11 is 0. The van der Waals surface area contributed by atoms with E-state index in [4.69, 9.17) is 0 Å². The maximum atomic E-state index is 4.49. The van der Waals surface area contributed by atoms with Crippen LogP contribution in [0.3, 0.4) is 0 Å². The van der Waals surface area contributed by atoms with Gasteiger partial charge in [-0.15, -0.1) is 0 Å². The molecular formula is C49H36N4. The molecule has 9 aromatic rings. The lowest BCUT2D eigenvalue weighted by Crippen LogP contribution is -2.16. The number of anilines is 3. The molecule has 3 heterocycles. The van der Waals surface area contributed by atoms with Crippen molar-refractivity contribution in [2.24, 2.45) is 0 Å². The van der Waals surface area contributed by atoms with Gasteiger partial charge in [-0.1, -0.05) is 92.7 Å². The van der Waals surface area contributed by atoms with Gasteiger partial charge in [0.2, 0.25) is 0 Å². The Bertz CT molecular complexity index is 2740. The van der Waals surface area contributed by atoms with Gasteiger partial charge in [0.15, 0.2) is 0 Å². The third-order valence-electron chi connectivity index (χ3n) is 10.9. The summed E-state index contributed by atoms with van der Waals surface area (Å²) in [4.78, 5) is 11.4. The number of aromatic nitrogens is 3. The SMILES string of the molecule is CC1(C)c2ccccc2-c2ccc(N(c3cc(-c4cccnc4)cc(-c4cccnc4)c3)c3ccc4c(c3)c3ccccc3n4-c3ccccc3)cc21. The largest absolute Gasteiger partial charge is 0.310 e.